The molecule has 0 fully saturated rings. The van der Waals surface area contributed by atoms with Crippen LogP contribution in [0.15, 0.2) is 54.6 Å². The quantitative estimate of drug-likeness (QED) is 0.0488. The molecule has 1 atom stereocenters. The van der Waals surface area contributed by atoms with Gasteiger partial charge in [-0.1, -0.05) is 54.6 Å². The summed E-state index contributed by atoms with van der Waals surface area (Å²) in [5, 5.41) is 32.5. The van der Waals surface area contributed by atoms with E-state index in [1.807, 2.05) is 54.6 Å². The van der Waals surface area contributed by atoms with E-state index < -0.39 is 42.9 Å². The highest BCUT2D eigenvalue weighted by atomic mass is 32.2. The van der Waals surface area contributed by atoms with E-state index in [4.69, 9.17) is 21.1 Å². The van der Waals surface area contributed by atoms with Gasteiger partial charge in [-0.25, -0.2) is 0 Å². The third-order valence-electron chi connectivity index (χ3n) is 6.92. The summed E-state index contributed by atoms with van der Waals surface area (Å²) in [6.07, 6.45) is 0.543. The number of hydrogen-bond donors (Lipinski definition) is 8. The van der Waals surface area contributed by atoms with E-state index in [0.29, 0.717) is 12.2 Å². The molecular weight excluding hydrogens is 658 g/mol. The number of nitrogens with zero attached hydrogens (tertiary/aromatic N) is 2. The lowest BCUT2D eigenvalue weighted by Crippen LogP contribution is -2.50. The van der Waals surface area contributed by atoms with Crippen LogP contribution in [0.25, 0.3) is 0 Å². The number of benzene rings is 2. The molecular formula is C32H45N7O9S. The summed E-state index contributed by atoms with van der Waals surface area (Å²) >= 11 is 1.53. The molecule has 0 saturated carbocycles. The second kappa shape index (κ2) is 22.9. The molecule has 2 aromatic carbocycles. The van der Waals surface area contributed by atoms with Gasteiger partial charge in [-0.15, -0.1) is 0 Å². The highest BCUT2D eigenvalue weighted by Gasteiger charge is 2.17. The third kappa shape index (κ3) is 19.1. The van der Waals surface area contributed by atoms with Gasteiger partial charge in [0.2, 0.25) is 11.8 Å². The maximum atomic E-state index is 12.7. The summed E-state index contributed by atoms with van der Waals surface area (Å²) in [7, 11) is 0. The zero-order chi connectivity index (χ0) is 36.0. The van der Waals surface area contributed by atoms with E-state index in [1.165, 1.54) is 16.7 Å². The highest BCUT2D eigenvalue weighted by Crippen LogP contribution is 2.12. The van der Waals surface area contributed by atoms with Gasteiger partial charge >= 0.3 is 17.9 Å². The van der Waals surface area contributed by atoms with E-state index in [9.17, 15) is 28.8 Å². The first kappa shape index (κ1) is 40.6. The van der Waals surface area contributed by atoms with Crippen molar-refractivity contribution in [3.05, 3.63) is 71.3 Å². The van der Waals surface area contributed by atoms with Gasteiger partial charge in [-0.3, -0.25) is 49.4 Å². The second-order valence-corrected chi connectivity index (χ2v) is 12.1. The Hall–Kier alpha value is -4.55. The van der Waals surface area contributed by atoms with Crippen molar-refractivity contribution in [2.75, 3.05) is 58.1 Å². The summed E-state index contributed by atoms with van der Waals surface area (Å²) < 4.78 is 0. The normalized spacial score (nSPS) is 11.6. The topological polar surface area (TPSA) is 244 Å². The number of hydrogen-bond acceptors (Lipinski definition) is 11. The minimum atomic E-state index is -1.18. The van der Waals surface area contributed by atoms with Crippen molar-refractivity contribution < 1.29 is 44.1 Å². The van der Waals surface area contributed by atoms with E-state index >= 15 is 0 Å². The molecule has 0 saturated heterocycles. The van der Waals surface area contributed by atoms with Crippen LogP contribution in [0.1, 0.15) is 23.1 Å². The molecule has 2 aromatic rings. The van der Waals surface area contributed by atoms with Crippen LogP contribution >= 0.6 is 11.8 Å². The van der Waals surface area contributed by atoms with Gasteiger partial charge in [0, 0.05) is 50.7 Å². The molecule has 3 amide bonds. The van der Waals surface area contributed by atoms with Crippen molar-refractivity contribution >= 4 is 47.4 Å². The van der Waals surface area contributed by atoms with Crippen LogP contribution in [0, 0.1) is 0 Å². The minimum absolute atomic E-state index is 0.0680. The van der Waals surface area contributed by atoms with Crippen LogP contribution in [0.5, 0.6) is 0 Å². The van der Waals surface area contributed by atoms with Crippen LogP contribution in [0.2, 0.25) is 0 Å². The Morgan fingerprint density at radius 1 is 0.714 bits per heavy atom. The Bertz CT molecular complexity index is 1350. The van der Waals surface area contributed by atoms with Gasteiger partial charge in [-0.2, -0.15) is 11.8 Å². The van der Waals surface area contributed by atoms with Crippen LogP contribution < -0.4 is 27.2 Å². The molecule has 0 spiro atoms. The van der Waals surface area contributed by atoms with Crippen molar-refractivity contribution in [3.8, 4) is 0 Å². The van der Waals surface area contributed by atoms with E-state index in [2.05, 4.69) is 21.5 Å². The first-order chi connectivity index (χ1) is 23.4. The zero-order valence-electron chi connectivity index (χ0n) is 27.1. The highest BCUT2D eigenvalue weighted by molar-refractivity contribution is 7.98. The molecule has 0 aliphatic rings. The summed E-state index contributed by atoms with van der Waals surface area (Å²) in [4.78, 5) is 73.1. The Kier molecular flexibility index (Phi) is 19.0. The number of amides is 3. The summed E-state index contributed by atoms with van der Waals surface area (Å²) in [6.45, 7) is -0.351. The molecule has 0 heterocycles. The van der Waals surface area contributed by atoms with Crippen LogP contribution in [-0.2, 0) is 47.5 Å². The van der Waals surface area contributed by atoms with Gasteiger partial charge in [0.05, 0.1) is 32.2 Å². The fourth-order valence-corrected chi connectivity index (χ4v) is 5.31. The summed E-state index contributed by atoms with van der Waals surface area (Å²) in [5.74, 6) is -3.46. The lowest BCUT2D eigenvalue weighted by atomic mass is 10.1. The molecule has 16 nitrogen and oxygen atoms in total. The first-order valence-electron chi connectivity index (χ1n) is 15.5. The maximum Gasteiger partial charge on any atom is 0.317 e. The number of carbonyl (C=O) groups excluding carboxylic acids is 3. The van der Waals surface area contributed by atoms with Crippen LogP contribution in [0.3, 0.4) is 0 Å². The van der Waals surface area contributed by atoms with Gasteiger partial charge in [0.15, 0.2) is 0 Å². The fourth-order valence-electron chi connectivity index (χ4n) is 4.36. The number of aryl methyl sites for hydroxylation is 1. The van der Waals surface area contributed by atoms with Crippen LogP contribution in [0.4, 0.5) is 0 Å². The average molecular weight is 704 g/mol. The molecule has 0 bridgehead atoms. The summed E-state index contributed by atoms with van der Waals surface area (Å²) in [5.41, 5.74) is 13.5. The molecule has 0 aromatic heterocycles. The smallest absolute Gasteiger partial charge is 0.317 e. The van der Waals surface area contributed by atoms with Crippen molar-refractivity contribution in [1.82, 2.24) is 31.3 Å². The number of thioether (sulfide) groups is 1. The van der Waals surface area contributed by atoms with Crippen molar-refractivity contribution in [2.45, 2.75) is 31.2 Å². The zero-order valence-corrected chi connectivity index (χ0v) is 28.0. The van der Waals surface area contributed by atoms with E-state index in [0.717, 1.165) is 22.4 Å². The van der Waals surface area contributed by atoms with Crippen molar-refractivity contribution in [3.63, 3.8) is 0 Å². The first-order valence-corrected chi connectivity index (χ1v) is 16.7. The molecule has 0 radical (unpaired) electrons. The number of hydrazine groups is 1. The molecule has 49 heavy (non-hydrogen) atoms. The second-order valence-electron chi connectivity index (χ2n) is 11.1. The third-order valence-corrected chi connectivity index (χ3v) is 8.05. The van der Waals surface area contributed by atoms with Crippen molar-refractivity contribution in [1.29, 1.82) is 0 Å². The number of aliphatic carboxylic acids is 3. The predicted octanol–water partition coefficient (Wildman–Crippen LogP) is -0.909. The van der Waals surface area contributed by atoms with E-state index in [-0.39, 0.29) is 64.0 Å². The molecule has 0 aliphatic heterocycles. The minimum Gasteiger partial charge on any atom is -0.480 e. The van der Waals surface area contributed by atoms with Crippen LogP contribution in [-0.4, -0.2) is 125 Å². The van der Waals surface area contributed by atoms with E-state index in [1.54, 1.807) is 4.90 Å². The standard InChI is InChI=1S/C32H45N7O9S/c33-26(22-49-21-25-4-2-1-3-5-25)32(48)37-36-27(40)11-10-23-6-8-24(9-7-23)16-35-28(41)18-38(13-12-34-17-29(42)43)14-15-39(19-30(44)45)20-31(46)47/h1-9,26,34H,10-22,33H2,(H,35,41)(H,36,40)(H,37,48)(H,42,43)(H,44,45)(H,46,47)/t26-/m1/s1. The Labute approximate surface area is 288 Å². The predicted molar refractivity (Wildman–Crippen MR) is 182 cm³/mol. The van der Waals surface area contributed by atoms with Crippen molar-refractivity contribution in [2.24, 2.45) is 5.73 Å². The Morgan fingerprint density at radius 3 is 1.98 bits per heavy atom. The molecule has 268 valence electrons. The van der Waals surface area contributed by atoms with Gasteiger partial charge < -0.3 is 31.7 Å². The van der Waals surface area contributed by atoms with Gasteiger partial charge in [0.25, 0.3) is 5.91 Å². The number of nitrogens with one attached hydrogen (secondary N) is 4. The lowest BCUT2D eigenvalue weighted by molar-refractivity contribution is -0.142. The largest absolute Gasteiger partial charge is 0.480 e. The molecule has 0 unspecified atom stereocenters. The number of carboxylic acids is 3. The number of carboxylic acid groups (broad SMARTS) is 3. The van der Waals surface area contributed by atoms with Gasteiger partial charge in [0.1, 0.15) is 0 Å². The average Bonchev–Trinajstić information content (AvgIpc) is 3.06. The molecule has 17 heteroatoms. The lowest BCUT2D eigenvalue weighted by Gasteiger charge is -2.25. The SMILES string of the molecule is N[C@H](CSCc1ccccc1)C(=O)NNC(=O)CCc1ccc(CNC(=O)CN(CCNCC(=O)O)CCN(CC(=O)O)CC(=O)O)cc1. The Balaban J connectivity index is 1.74. The molecule has 0 aliphatic carbocycles. The molecule has 9 N–H and O–H groups in total. The number of nitrogens with two attached hydrogens (primary N) is 1. The fraction of sp³-hybridized carbons (Fsp3) is 0.438. The Morgan fingerprint density at radius 2 is 1.35 bits per heavy atom. The summed E-state index contributed by atoms with van der Waals surface area (Å²) in [6, 6.07) is 16.3. The monoisotopic (exact) mass is 703 g/mol. The molecule has 2 rings (SSSR count). The number of carbonyl (C=O) groups is 6. The van der Waals surface area contributed by atoms with Gasteiger partial charge in [-0.05, 0) is 23.1 Å². The maximum absolute atomic E-state index is 12.7. The number of rotatable bonds is 24.